The zero-order chi connectivity index (χ0) is 14.0. The van der Waals surface area contributed by atoms with Crippen molar-refractivity contribution in [3.8, 4) is 0 Å². The van der Waals surface area contributed by atoms with Crippen LogP contribution < -0.4 is 5.73 Å². The molecular weight excluding hydrogens is 260 g/mol. The summed E-state index contributed by atoms with van der Waals surface area (Å²) in [5.41, 5.74) is 5.33. The van der Waals surface area contributed by atoms with E-state index in [1.807, 2.05) is 11.8 Å². The number of ether oxygens (including phenoxy) is 1. The number of thiocarbonyl (C=S) groups is 1. The van der Waals surface area contributed by atoms with Gasteiger partial charge in [-0.15, -0.1) is 0 Å². The summed E-state index contributed by atoms with van der Waals surface area (Å²) in [5, 5.41) is 0. The van der Waals surface area contributed by atoms with Crippen molar-refractivity contribution in [1.82, 2.24) is 4.90 Å². The second-order valence-corrected chi connectivity index (χ2v) is 6.26. The summed E-state index contributed by atoms with van der Waals surface area (Å²) in [4.78, 5) is 15.3. The van der Waals surface area contributed by atoms with E-state index in [0.717, 1.165) is 32.1 Å². The predicted octanol–water partition coefficient (Wildman–Crippen LogP) is 1.86. The van der Waals surface area contributed by atoms with Crippen LogP contribution in [0.15, 0.2) is 0 Å². The van der Waals surface area contributed by atoms with Gasteiger partial charge in [0.05, 0.1) is 29.2 Å². The summed E-state index contributed by atoms with van der Waals surface area (Å²) in [7, 11) is 0. The first kappa shape index (κ1) is 14.7. The second kappa shape index (κ2) is 5.75. The van der Waals surface area contributed by atoms with Gasteiger partial charge in [0.1, 0.15) is 0 Å². The highest BCUT2D eigenvalue weighted by Gasteiger charge is 2.48. The van der Waals surface area contributed by atoms with Gasteiger partial charge in [-0.2, -0.15) is 0 Å². The van der Waals surface area contributed by atoms with Gasteiger partial charge in [0.15, 0.2) is 0 Å². The lowest BCUT2D eigenvalue weighted by Gasteiger charge is -2.42. The van der Waals surface area contributed by atoms with E-state index in [-0.39, 0.29) is 18.1 Å². The minimum atomic E-state index is -0.584. The topological polar surface area (TPSA) is 55.6 Å². The lowest BCUT2D eigenvalue weighted by molar-refractivity contribution is -0.151. The van der Waals surface area contributed by atoms with Crippen molar-refractivity contribution in [2.24, 2.45) is 11.1 Å². The van der Waals surface area contributed by atoms with E-state index in [4.69, 9.17) is 22.7 Å². The van der Waals surface area contributed by atoms with Crippen LogP contribution in [0.4, 0.5) is 0 Å². The molecule has 2 rings (SSSR count). The van der Waals surface area contributed by atoms with Gasteiger partial charge < -0.3 is 15.4 Å². The number of nitrogens with two attached hydrogens (primary N) is 1. The van der Waals surface area contributed by atoms with Crippen LogP contribution in [0.5, 0.6) is 0 Å². The van der Waals surface area contributed by atoms with Crippen molar-refractivity contribution in [2.75, 3.05) is 13.2 Å². The molecule has 0 aromatic carbocycles. The molecule has 19 heavy (non-hydrogen) atoms. The first-order valence-corrected chi connectivity index (χ1v) is 7.64. The molecule has 2 N–H and O–H groups in total. The van der Waals surface area contributed by atoms with Gasteiger partial charge >= 0.3 is 0 Å². The van der Waals surface area contributed by atoms with E-state index < -0.39 is 5.41 Å². The van der Waals surface area contributed by atoms with E-state index in [1.165, 1.54) is 0 Å². The quantitative estimate of drug-likeness (QED) is 0.804. The fourth-order valence-electron chi connectivity index (χ4n) is 3.25. The Morgan fingerprint density at radius 2 is 2.11 bits per heavy atom. The molecule has 4 nitrogen and oxygen atoms in total. The van der Waals surface area contributed by atoms with Gasteiger partial charge in [0.2, 0.25) is 5.91 Å². The third-order valence-electron chi connectivity index (χ3n) is 4.54. The van der Waals surface area contributed by atoms with Crippen LogP contribution in [0.3, 0.4) is 0 Å². The van der Waals surface area contributed by atoms with Crippen LogP contribution in [0.25, 0.3) is 0 Å². The number of rotatable bonds is 3. The van der Waals surface area contributed by atoms with E-state index in [2.05, 4.69) is 6.92 Å². The average molecular weight is 284 g/mol. The van der Waals surface area contributed by atoms with Gasteiger partial charge in [0.25, 0.3) is 0 Å². The lowest BCUT2D eigenvalue weighted by Crippen LogP contribution is -2.58. The highest BCUT2D eigenvalue weighted by atomic mass is 32.1. The van der Waals surface area contributed by atoms with Crippen molar-refractivity contribution in [2.45, 2.75) is 58.1 Å². The molecule has 1 saturated heterocycles. The van der Waals surface area contributed by atoms with Crippen molar-refractivity contribution in [3.05, 3.63) is 0 Å². The molecule has 0 bridgehead atoms. The molecule has 0 aromatic heterocycles. The van der Waals surface area contributed by atoms with E-state index in [0.29, 0.717) is 18.1 Å². The van der Waals surface area contributed by atoms with E-state index in [9.17, 15) is 4.79 Å². The Bertz CT molecular complexity index is 366. The third kappa shape index (κ3) is 2.63. The van der Waals surface area contributed by atoms with Crippen LogP contribution in [-0.2, 0) is 9.53 Å². The van der Waals surface area contributed by atoms with E-state index >= 15 is 0 Å². The Labute approximate surface area is 120 Å². The van der Waals surface area contributed by atoms with Gasteiger partial charge in [-0.05, 0) is 26.2 Å². The molecule has 1 heterocycles. The fourth-order valence-corrected chi connectivity index (χ4v) is 3.54. The summed E-state index contributed by atoms with van der Waals surface area (Å²) < 4.78 is 5.66. The Morgan fingerprint density at radius 1 is 1.47 bits per heavy atom. The summed E-state index contributed by atoms with van der Waals surface area (Å²) >= 11 is 5.22. The smallest absolute Gasteiger partial charge is 0.236 e. The number of amides is 1. The van der Waals surface area contributed by atoms with Crippen molar-refractivity contribution in [1.29, 1.82) is 0 Å². The van der Waals surface area contributed by atoms with Crippen LogP contribution in [-0.4, -0.2) is 41.1 Å². The molecule has 2 aliphatic rings. The third-order valence-corrected chi connectivity index (χ3v) is 4.93. The summed E-state index contributed by atoms with van der Waals surface area (Å²) in [6.07, 6.45) is 4.70. The predicted molar refractivity (Wildman–Crippen MR) is 78.9 cm³/mol. The maximum Gasteiger partial charge on any atom is 0.236 e. The molecule has 0 aromatic rings. The van der Waals surface area contributed by atoms with Crippen molar-refractivity contribution in [3.63, 3.8) is 0 Å². The van der Waals surface area contributed by atoms with Gasteiger partial charge in [0, 0.05) is 6.54 Å². The highest BCUT2D eigenvalue weighted by Crippen LogP contribution is 2.41. The molecule has 5 heteroatoms. The number of hydrogen-bond acceptors (Lipinski definition) is 3. The molecule has 1 aliphatic carbocycles. The van der Waals surface area contributed by atoms with Gasteiger partial charge in [-0.25, -0.2) is 0 Å². The Hall–Kier alpha value is -0.680. The molecule has 2 atom stereocenters. The normalized spacial score (nSPS) is 30.3. The molecule has 1 amide bonds. The summed E-state index contributed by atoms with van der Waals surface area (Å²) in [5.74, 6) is 0.138. The second-order valence-electron chi connectivity index (χ2n) is 5.82. The fraction of sp³-hybridized carbons (Fsp3) is 0.857. The number of carbonyl (C=O) groups excluding carboxylic acids is 1. The first-order chi connectivity index (χ1) is 9.01. The SMILES string of the molecule is CCC1COC(C)CN1C(=O)C1(C(N)=S)CCCC1. The number of nitrogens with zero attached hydrogens (tertiary/aromatic N) is 1. The Kier molecular flexibility index (Phi) is 4.46. The Morgan fingerprint density at radius 3 is 2.63 bits per heavy atom. The van der Waals surface area contributed by atoms with Crippen molar-refractivity contribution >= 4 is 23.1 Å². The maximum absolute atomic E-state index is 13.0. The summed E-state index contributed by atoms with van der Waals surface area (Å²) in [6.45, 7) is 5.37. The van der Waals surface area contributed by atoms with Crippen LogP contribution >= 0.6 is 12.2 Å². The van der Waals surface area contributed by atoms with Crippen LogP contribution in [0.2, 0.25) is 0 Å². The van der Waals surface area contributed by atoms with Gasteiger partial charge in [-0.1, -0.05) is 32.0 Å². The van der Waals surface area contributed by atoms with E-state index in [1.54, 1.807) is 0 Å². The minimum Gasteiger partial charge on any atom is -0.392 e. The number of hydrogen-bond donors (Lipinski definition) is 1. The largest absolute Gasteiger partial charge is 0.392 e. The van der Waals surface area contributed by atoms with Crippen LogP contribution in [0, 0.1) is 5.41 Å². The minimum absolute atomic E-state index is 0.0940. The molecule has 1 aliphatic heterocycles. The first-order valence-electron chi connectivity index (χ1n) is 7.24. The molecule has 2 fully saturated rings. The lowest BCUT2D eigenvalue weighted by atomic mass is 9.83. The standard InChI is InChI=1S/C14H24N2O2S/c1-3-11-9-18-10(2)8-16(11)13(17)14(12(15)19)6-4-5-7-14/h10-11H,3-9H2,1-2H3,(H2,15,19). The van der Waals surface area contributed by atoms with Gasteiger partial charge in [-0.3, -0.25) is 4.79 Å². The Balaban J connectivity index is 2.22. The molecule has 1 saturated carbocycles. The average Bonchev–Trinajstić information content (AvgIpc) is 2.88. The molecular formula is C14H24N2O2S. The molecule has 2 unspecified atom stereocenters. The molecule has 0 spiro atoms. The number of carbonyl (C=O) groups is 1. The van der Waals surface area contributed by atoms with Crippen molar-refractivity contribution < 1.29 is 9.53 Å². The zero-order valence-electron chi connectivity index (χ0n) is 11.9. The number of morpholine rings is 1. The van der Waals surface area contributed by atoms with Crippen LogP contribution in [0.1, 0.15) is 46.0 Å². The molecule has 0 radical (unpaired) electrons. The summed E-state index contributed by atoms with van der Waals surface area (Å²) in [6, 6.07) is 0.163. The highest BCUT2D eigenvalue weighted by molar-refractivity contribution is 7.80. The maximum atomic E-state index is 13.0. The monoisotopic (exact) mass is 284 g/mol. The zero-order valence-corrected chi connectivity index (χ0v) is 12.7. The molecule has 108 valence electrons.